The summed E-state index contributed by atoms with van der Waals surface area (Å²) >= 11 is 0. The Bertz CT molecular complexity index is 1120. The molecule has 0 radical (unpaired) electrons. The third-order valence-electron chi connectivity index (χ3n) is 5.33. The lowest BCUT2D eigenvalue weighted by Crippen LogP contribution is -2.29. The maximum Gasteiger partial charge on any atom is 0.336 e. The number of benzene rings is 2. The van der Waals surface area contributed by atoms with Crippen LogP contribution in [-0.4, -0.2) is 37.2 Å². The van der Waals surface area contributed by atoms with E-state index in [0.717, 1.165) is 0 Å². The van der Waals surface area contributed by atoms with E-state index in [4.69, 9.17) is 14.2 Å². The molecule has 0 N–H and O–H groups in total. The van der Waals surface area contributed by atoms with Crippen LogP contribution in [0.25, 0.3) is 0 Å². The molecule has 34 heavy (non-hydrogen) atoms. The molecule has 2 aromatic carbocycles. The largest absolute Gasteiger partial charge is 0.497 e. The van der Waals surface area contributed by atoms with Crippen molar-refractivity contribution in [1.82, 2.24) is 0 Å². The van der Waals surface area contributed by atoms with Crippen molar-refractivity contribution in [3.8, 4) is 5.75 Å². The molecule has 0 saturated heterocycles. The topological polar surface area (TPSA) is 108 Å². The smallest absolute Gasteiger partial charge is 0.336 e. The van der Waals surface area contributed by atoms with Crippen molar-refractivity contribution in [1.29, 1.82) is 0 Å². The number of rotatable bonds is 8. The maximum absolute atomic E-state index is 13.0. The van der Waals surface area contributed by atoms with Crippen molar-refractivity contribution in [3.05, 3.63) is 87.3 Å². The normalized spacial score (nSPS) is 13.6. The van der Waals surface area contributed by atoms with E-state index in [9.17, 15) is 19.7 Å². The molecule has 0 amide bonds. The zero-order chi connectivity index (χ0) is 24.8. The molecule has 3 rings (SSSR count). The number of hydrogen-bond donors (Lipinski definition) is 0. The van der Waals surface area contributed by atoms with Crippen molar-refractivity contribution >= 4 is 23.3 Å². The highest BCUT2D eigenvalue weighted by Crippen LogP contribution is 2.40. The quantitative estimate of drug-likeness (QED) is 0.320. The lowest BCUT2D eigenvalue weighted by molar-refractivity contribution is -0.385. The van der Waals surface area contributed by atoms with Gasteiger partial charge in [0.05, 0.1) is 42.3 Å². The Kier molecular flexibility index (Phi) is 7.68. The van der Waals surface area contributed by atoms with Crippen LogP contribution in [0.15, 0.2) is 66.0 Å². The van der Waals surface area contributed by atoms with Crippen molar-refractivity contribution in [3.63, 3.8) is 0 Å². The van der Waals surface area contributed by atoms with Crippen molar-refractivity contribution < 1.29 is 28.7 Å². The van der Waals surface area contributed by atoms with E-state index < -0.39 is 22.8 Å². The number of aryl methyl sites for hydroxylation is 1. The highest BCUT2D eigenvalue weighted by Gasteiger charge is 2.36. The fourth-order valence-electron chi connectivity index (χ4n) is 3.69. The molecule has 2 aromatic rings. The number of anilines is 1. The van der Waals surface area contributed by atoms with Gasteiger partial charge in [-0.1, -0.05) is 12.1 Å². The minimum atomic E-state index is -0.910. The summed E-state index contributed by atoms with van der Waals surface area (Å²) in [4.78, 5) is 38.7. The monoisotopic (exact) mass is 466 g/mol. The number of carbonyl (C=O) groups excluding carboxylic acids is 2. The van der Waals surface area contributed by atoms with Gasteiger partial charge in [-0.25, -0.2) is 9.59 Å². The first-order valence-corrected chi connectivity index (χ1v) is 10.8. The molecule has 0 aliphatic carbocycles. The molecular weight excluding hydrogens is 440 g/mol. The number of nitro benzene ring substituents is 1. The highest BCUT2D eigenvalue weighted by molar-refractivity contribution is 6.00. The number of methoxy groups -OCH3 is 1. The van der Waals surface area contributed by atoms with Crippen molar-refractivity contribution in [2.24, 2.45) is 0 Å². The second-order valence-electron chi connectivity index (χ2n) is 7.45. The summed E-state index contributed by atoms with van der Waals surface area (Å²) in [5, 5.41) is 11.6. The van der Waals surface area contributed by atoms with Gasteiger partial charge in [-0.2, -0.15) is 0 Å². The minimum absolute atomic E-state index is 0.110. The lowest BCUT2D eigenvalue weighted by atomic mass is 9.82. The molecule has 0 aromatic heterocycles. The summed E-state index contributed by atoms with van der Waals surface area (Å²) in [7, 11) is 1.55. The second-order valence-corrected chi connectivity index (χ2v) is 7.45. The average molecular weight is 466 g/mol. The number of ether oxygens (including phenoxy) is 3. The van der Waals surface area contributed by atoms with E-state index in [1.54, 1.807) is 81.6 Å². The molecule has 178 valence electrons. The Morgan fingerprint density at radius 3 is 2.00 bits per heavy atom. The van der Waals surface area contributed by atoms with Gasteiger partial charge in [0.15, 0.2) is 0 Å². The molecule has 0 saturated carbocycles. The summed E-state index contributed by atoms with van der Waals surface area (Å²) in [6.45, 7) is 5.22. The Labute approximate surface area is 197 Å². The van der Waals surface area contributed by atoms with Gasteiger partial charge in [0.25, 0.3) is 5.69 Å². The number of nitrogens with zero attached hydrogens (tertiary/aromatic N) is 2. The molecule has 0 bridgehead atoms. The SMILES string of the molecule is CCOC(=O)C1=CN(c2ccc(OC)cc2)C=C(C(=O)OCC)C1c1ccc(C)c([N+](=O)[O-])c1. The summed E-state index contributed by atoms with van der Waals surface area (Å²) in [6, 6.07) is 11.7. The van der Waals surface area contributed by atoms with Crippen LogP contribution in [-0.2, 0) is 19.1 Å². The molecule has 1 aliphatic heterocycles. The third kappa shape index (κ3) is 5.09. The van der Waals surface area contributed by atoms with Gasteiger partial charge >= 0.3 is 11.9 Å². The second kappa shape index (κ2) is 10.7. The van der Waals surface area contributed by atoms with Gasteiger partial charge in [-0.15, -0.1) is 0 Å². The van der Waals surface area contributed by atoms with Gasteiger partial charge in [0, 0.05) is 29.7 Å². The van der Waals surface area contributed by atoms with E-state index in [1.165, 1.54) is 6.07 Å². The molecule has 0 spiro atoms. The standard InChI is InChI=1S/C25H26N2O7/c1-5-33-24(28)20-14-26(18-9-11-19(32-4)12-10-18)15-21(25(29)34-6-2)23(20)17-8-7-16(3)22(13-17)27(30)31/h7-15,23H,5-6H2,1-4H3. The zero-order valence-corrected chi connectivity index (χ0v) is 19.4. The van der Waals surface area contributed by atoms with E-state index in [1.807, 2.05) is 0 Å². The first-order valence-electron chi connectivity index (χ1n) is 10.8. The maximum atomic E-state index is 13.0. The van der Waals surface area contributed by atoms with Crippen LogP contribution in [0.3, 0.4) is 0 Å². The number of carbonyl (C=O) groups is 2. The van der Waals surface area contributed by atoms with Gasteiger partial charge in [0.1, 0.15) is 5.75 Å². The Morgan fingerprint density at radius 1 is 0.971 bits per heavy atom. The molecular formula is C25H26N2O7. The van der Waals surface area contributed by atoms with E-state index in [-0.39, 0.29) is 30.0 Å². The number of nitro groups is 1. The summed E-state index contributed by atoms with van der Waals surface area (Å²) in [6.07, 6.45) is 3.14. The minimum Gasteiger partial charge on any atom is -0.497 e. The first kappa shape index (κ1) is 24.5. The highest BCUT2D eigenvalue weighted by atomic mass is 16.6. The molecule has 0 atom stereocenters. The molecule has 9 nitrogen and oxygen atoms in total. The fourth-order valence-corrected chi connectivity index (χ4v) is 3.69. The van der Waals surface area contributed by atoms with Gasteiger partial charge in [0.2, 0.25) is 0 Å². The van der Waals surface area contributed by atoms with Crippen LogP contribution >= 0.6 is 0 Å². The lowest BCUT2D eigenvalue weighted by Gasteiger charge is -2.30. The van der Waals surface area contributed by atoms with Crippen LogP contribution < -0.4 is 9.64 Å². The van der Waals surface area contributed by atoms with Crippen molar-refractivity contribution in [2.75, 3.05) is 25.2 Å². The van der Waals surface area contributed by atoms with E-state index in [0.29, 0.717) is 22.6 Å². The molecule has 1 heterocycles. The molecule has 0 unspecified atom stereocenters. The Hall–Kier alpha value is -4.14. The van der Waals surface area contributed by atoms with Crippen LogP contribution in [0.5, 0.6) is 5.75 Å². The average Bonchev–Trinajstić information content (AvgIpc) is 2.83. The Morgan fingerprint density at radius 2 is 1.53 bits per heavy atom. The molecule has 9 heteroatoms. The summed E-state index contributed by atoms with van der Waals surface area (Å²) in [5.74, 6) is -1.53. The van der Waals surface area contributed by atoms with Crippen LogP contribution in [0.2, 0.25) is 0 Å². The van der Waals surface area contributed by atoms with Crippen LogP contribution in [0.4, 0.5) is 11.4 Å². The van der Waals surface area contributed by atoms with E-state index >= 15 is 0 Å². The predicted octanol–water partition coefficient (Wildman–Crippen LogP) is 4.41. The molecule has 1 aliphatic rings. The third-order valence-corrected chi connectivity index (χ3v) is 5.33. The fraction of sp³-hybridized carbons (Fsp3) is 0.280. The van der Waals surface area contributed by atoms with E-state index in [2.05, 4.69) is 0 Å². The number of hydrogen-bond acceptors (Lipinski definition) is 8. The summed E-state index contributed by atoms with van der Waals surface area (Å²) in [5.41, 5.74) is 1.74. The summed E-state index contributed by atoms with van der Waals surface area (Å²) < 4.78 is 15.8. The number of esters is 2. The predicted molar refractivity (Wildman–Crippen MR) is 125 cm³/mol. The van der Waals surface area contributed by atoms with Crippen LogP contribution in [0.1, 0.15) is 30.9 Å². The first-order chi connectivity index (χ1) is 16.3. The van der Waals surface area contributed by atoms with Gasteiger partial charge in [-0.05, 0) is 50.6 Å². The Balaban J connectivity index is 2.20. The molecule has 0 fully saturated rings. The van der Waals surface area contributed by atoms with Crippen molar-refractivity contribution in [2.45, 2.75) is 26.7 Å². The van der Waals surface area contributed by atoms with Gasteiger partial charge < -0.3 is 19.1 Å². The van der Waals surface area contributed by atoms with Crippen LogP contribution in [0, 0.1) is 17.0 Å². The zero-order valence-electron chi connectivity index (χ0n) is 19.4. The van der Waals surface area contributed by atoms with Gasteiger partial charge in [-0.3, -0.25) is 10.1 Å².